The van der Waals surface area contributed by atoms with Crippen molar-refractivity contribution in [2.75, 3.05) is 11.4 Å². The first-order valence-corrected chi connectivity index (χ1v) is 6.45. The molecule has 17 heavy (non-hydrogen) atoms. The summed E-state index contributed by atoms with van der Waals surface area (Å²) in [5.74, 6) is -0.201. The molecule has 0 saturated carbocycles. The fourth-order valence-corrected chi connectivity index (χ4v) is 2.73. The number of nitrogens with zero attached hydrogens (tertiary/aromatic N) is 1. The van der Waals surface area contributed by atoms with Crippen molar-refractivity contribution in [3.8, 4) is 0 Å². The van der Waals surface area contributed by atoms with E-state index in [0.717, 1.165) is 24.2 Å². The first-order chi connectivity index (χ1) is 8.13. The highest BCUT2D eigenvalue weighted by molar-refractivity contribution is 5.56. The molecule has 2 atom stereocenters. The number of anilines is 1. The number of hydrogen-bond donors (Lipinski definition) is 1. The maximum Gasteiger partial charge on any atom is 0.123 e. The number of nitrogens with two attached hydrogens (primary N) is 1. The van der Waals surface area contributed by atoms with Gasteiger partial charge in [-0.2, -0.15) is 0 Å². The van der Waals surface area contributed by atoms with Gasteiger partial charge in [-0.05, 0) is 49.9 Å². The summed E-state index contributed by atoms with van der Waals surface area (Å²) in [5.41, 5.74) is 7.98. The van der Waals surface area contributed by atoms with Crippen LogP contribution in [0.15, 0.2) is 18.2 Å². The van der Waals surface area contributed by atoms with Gasteiger partial charge in [0.2, 0.25) is 0 Å². The molecule has 0 aromatic heterocycles. The summed E-state index contributed by atoms with van der Waals surface area (Å²) >= 11 is 0. The standard InChI is InChI=1S/C14H21FN2/c1-3-12-5-4-8-17(12)14-7-6-11(15)9-13(14)10(2)16/h6-7,9-10,12H,3-5,8,16H2,1-2H3. The Morgan fingerprint density at radius 1 is 1.53 bits per heavy atom. The highest BCUT2D eigenvalue weighted by atomic mass is 19.1. The average molecular weight is 236 g/mol. The van der Waals surface area contributed by atoms with Crippen LogP contribution in [0.5, 0.6) is 0 Å². The predicted octanol–water partition coefficient (Wildman–Crippen LogP) is 3.22. The van der Waals surface area contributed by atoms with E-state index in [1.807, 2.05) is 13.0 Å². The van der Waals surface area contributed by atoms with Gasteiger partial charge in [0.15, 0.2) is 0 Å². The Hall–Kier alpha value is -1.09. The maximum absolute atomic E-state index is 13.3. The number of rotatable bonds is 3. The average Bonchev–Trinajstić information content (AvgIpc) is 2.76. The smallest absolute Gasteiger partial charge is 0.123 e. The zero-order chi connectivity index (χ0) is 12.4. The molecule has 0 amide bonds. The lowest BCUT2D eigenvalue weighted by Gasteiger charge is -2.29. The molecule has 1 aliphatic heterocycles. The van der Waals surface area contributed by atoms with Crippen LogP contribution >= 0.6 is 0 Å². The van der Waals surface area contributed by atoms with Crippen molar-refractivity contribution in [2.45, 2.75) is 45.2 Å². The van der Waals surface area contributed by atoms with Crippen LogP contribution in [0.1, 0.15) is 44.7 Å². The van der Waals surface area contributed by atoms with Gasteiger partial charge in [0.05, 0.1) is 0 Å². The Morgan fingerprint density at radius 3 is 2.94 bits per heavy atom. The van der Waals surface area contributed by atoms with Crippen molar-refractivity contribution >= 4 is 5.69 Å². The zero-order valence-electron chi connectivity index (χ0n) is 10.6. The molecule has 94 valence electrons. The minimum Gasteiger partial charge on any atom is -0.368 e. The first kappa shape index (κ1) is 12.4. The van der Waals surface area contributed by atoms with Crippen LogP contribution in [0.3, 0.4) is 0 Å². The van der Waals surface area contributed by atoms with E-state index in [2.05, 4.69) is 11.8 Å². The van der Waals surface area contributed by atoms with Gasteiger partial charge >= 0.3 is 0 Å². The summed E-state index contributed by atoms with van der Waals surface area (Å²) in [6.07, 6.45) is 3.58. The lowest BCUT2D eigenvalue weighted by molar-refractivity contribution is 0.616. The Morgan fingerprint density at radius 2 is 2.29 bits per heavy atom. The van der Waals surface area contributed by atoms with E-state index in [4.69, 9.17) is 5.73 Å². The Labute approximate surface area is 103 Å². The highest BCUT2D eigenvalue weighted by Gasteiger charge is 2.25. The molecule has 0 bridgehead atoms. The normalized spacial score (nSPS) is 21.9. The SMILES string of the molecule is CCC1CCCN1c1ccc(F)cc1C(C)N. The second kappa shape index (κ2) is 5.05. The topological polar surface area (TPSA) is 29.3 Å². The lowest BCUT2D eigenvalue weighted by atomic mass is 10.0. The minimum absolute atomic E-state index is 0.126. The fourth-order valence-electron chi connectivity index (χ4n) is 2.73. The Balaban J connectivity index is 2.37. The van der Waals surface area contributed by atoms with Crippen LogP contribution in [-0.4, -0.2) is 12.6 Å². The quantitative estimate of drug-likeness (QED) is 0.873. The minimum atomic E-state index is -0.201. The molecule has 2 unspecified atom stereocenters. The third-order valence-electron chi connectivity index (χ3n) is 3.64. The van der Waals surface area contributed by atoms with Crippen LogP contribution in [0.4, 0.5) is 10.1 Å². The Bertz CT molecular complexity index is 390. The second-order valence-electron chi connectivity index (χ2n) is 4.89. The van der Waals surface area contributed by atoms with Gasteiger partial charge in [0, 0.05) is 24.3 Å². The van der Waals surface area contributed by atoms with Crippen LogP contribution in [0, 0.1) is 5.82 Å². The molecule has 0 radical (unpaired) electrons. The predicted molar refractivity (Wildman–Crippen MR) is 69.7 cm³/mol. The summed E-state index contributed by atoms with van der Waals surface area (Å²) in [6, 6.07) is 5.44. The van der Waals surface area contributed by atoms with Crippen molar-refractivity contribution in [1.82, 2.24) is 0 Å². The molecule has 0 aliphatic carbocycles. The van der Waals surface area contributed by atoms with E-state index in [-0.39, 0.29) is 11.9 Å². The van der Waals surface area contributed by atoms with Gasteiger partial charge in [-0.25, -0.2) is 4.39 Å². The summed E-state index contributed by atoms with van der Waals surface area (Å²) < 4.78 is 13.3. The second-order valence-corrected chi connectivity index (χ2v) is 4.89. The van der Waals surface area contributed by atoms with Crippen molar-refractivity contribution in [3.63, 3.8) is 0 Å². The van der Waals surface area contributed by atoms with E-state index >= 15 is 0 Å². The van der Waals surface area contributed by atoms with E-state index in [9.17, 15) is 4.39 Å². The molecular formula is C14H21FN2. The van der Waals surface area contributed by atoms with Crippen LogP contribution in [-0.2, 0) is 0 Å². The molecule has 1 aromatic carbocycles. The Kier molecular flexibility index (Phi) is 3.67. The van der Waals surface area contributed by atoms with E-state index < -0.39 is 0 Å². The van der Waals surface area contributed by atoms with E-state index in [1.165, 1.54) is 18.9 Å². The molecule has 1 fully saturated rings. The molecule has 1 heterocycles. The molecule has 0 spiro atoms. The lowest BCUT2D eigenvalue weighted by Crippen LogP contribution is -2.30. The molecule has 2 rings (SSSR count). The van der Waals surface area contributed by atoms with Crippen molar-refractivity contribution in [1.29, 1.82) is 0 Å². The summed E-state index contributed by atoms with van der Waals surface area (Å²) in [7, 11) is 0. The summed E-state index contributed by atoms with van der Waals surface area (Å²) in [4.78, 5) is 2.39. The summed E-state index contributed by atoms with van der Waals surface area (Å²) in [6.45, 7) is 5.18. The molecule has 3 heteroatoms. The third kappa shape index (κ3) is 2.44. The molecule has 2 N–H and O–H groups in total. The molecule has 1 aliphatic rings. The van der Waals surface area contributed by atoms with E-state index in [1.54, 1.807) is 6.07 Å². The van der Waals surface area contributed by atoms with Crippen molar-refractivity contribution in [2.24, 2.45) is 5.73 Å². The molecule has 2 nitrogen and oxygen atoms in total. The zero-order valence-corrected chi connectivity index (χ0v) is 10.6. The summed E-state index contributed by atoms with van der Waals surface area (Å²) in [5, 5.41) is 0. The molecular weight excluding hydrogens is 215 g/mol. The van der Waals surface area contributed by atoms with Gasteiger partial charge in [-0.3, -0.25) is 0 Å². The molecule has 1 aromatic rings. The fraction of sp³-hybridized carbons (Fsp3) is 0.571. The first-order valence-electron chi connectivity index (χ1n) is 6.45. The van der Waals surface area contributed by atoms with Gasteiger partial charge in [-0.1, -0.05) is 6.92 Å². The monoisotopic (exact) mass is 236 g/mol. The van der Waals surface area contributed by atoms with Gasteiger partial charge in [0.25, 0.3) is 0 Å². The van der Waals surface area contributed by atoms with Gasteiger partial charge in [0.1, 0.15) is 5.82 Å². The van der Waals surface area contributed by atoms with Crippen LogP contribution < -0.4 is 10.6 Å². The maximum atomic E-state index is 13.3. The number of hydrogen-bond acceptors (Lipinski definition) is 2. The number of halogens is 1. The third-order valence-corrected chi connectivity index (χ3v) is 3.64. The largest absolute Gasteiger partial charge is 0.368 e. The number of benzene rings is 1. The van der Waals surface area contributed by atoms with Crippen LogP contribution in [0.25, 0.3) is 0 Å². The van der Waals surface area contributed by atoms with Crippen molar-refractivity contribution in [3.05, 3.63) is 29.6 Å². The van der Waals surface area contributed by atoms with Gasteiger partial charge < -0.3 is 10.6 Å². The highest BCUT2D eigenvalue weighted by Crippen LogP contribution is 2.32. The van der Waals surface area contributed by atoms with Crippen molar-refractivity contribution < 1.29 is 4.39 Å². The van der Waals surface area contributed by atoms with Crippen LogP contribution in [0.2, 0.25) is 0 Å². The van der Waals surface area contributed by atoms with Gasteiger partial charge in [-0.15, -0.1) is 0 Å². The molecule has 1 saturated heterocycles. The van der Waals surface area contributed by atoms with E-state index in [0.29, 0.717) is 6.04 Å².